The third-order valence-corrected chi connectivity index (χ3v) is 8.75. The van der Waals surface area contributed by atoms with Crippen molar-refractivity contribution >= 4 is 69.8 Å². The number of β-lactam (4-membered cyclic amide) rings is 1. The van der Waals surface area contributed by atoms with Crippen molar-refractivity contribution in [2.45, 2.75) is 55.9 Å². The highest BCUT2D eigenvalue weighted by Gasteiger charge is 2.54. The monoisotopic (exact) mass is 685 g/mol. The fourth-order valence-corrected chi connectivity index (χ4v) is 6.78. The van der Waals surface area contributed by atoms with E-state index in [1.54, 1.807) is 20.8 Å². The summed E-state index contributed by atoms with van der Waals surface area (Å²) in [5, 5.41) is 39.2. The Hall–Kier alpha value is -4.02. The number of aliphatic carboxylic acids is 1. The number of oxime groups is 1. The van der Waals surface area contributed by atoms with Crippen molar-refractivity contribution in [3.8, 4) is 0 Å². The molecule has 0 aliphatic carbocycles. The number of carbonyl (C=O) groups is 4. The van der Waals surface area contributed by atoms with Crippen LogP contribution in [0.4, 0.5) is 9.93 Å². The smallest absolute Gasteiger partial charge is 0.407 e. The molecular formula is C23H31N11O8S3. The van der Waals surface area contributed by atoms with Gasteiger partial charge in [-0.15, -0.1) is 16.9 Å². The number of carboxylic acid groups (broad SMARTS) is 1. The van der Waals surface area contributed by atoms with E-state index in [0.717, 1.165) is 16.4 Å². The van der Waals surface area contributed by atoms with Gasteiger partial charge in [0, 0.05) is 36.0 Å². The van der Waals surface area contributed by atoms with Gasteiger partial charge in [-0.05, 0) is 36.8 Å². The zero-order chi connectivity index (χ0) is 32.7. The number of aliphatic hydroxyl groups is 1. The summed E-state index contributed by atoms with van der Waals surface area (Å²) in [5.41, 5.74) is 5.01. The number of carboxylic acids is 1. The van der Waals surface area contributed by atoms with E-state index in [0.29, 0.717) is 17.2 Å². The maximum atomic E-state index is 13.3. The van der Waals surface area contributed by atoms with Gasteiger partial charge in [-0.1, -0.05) is 16.9 Å². The van der Waals surface area contributed by atoms with Crippen LogP contribution >= 0.6 is 35.1 Å². The van der Waals surface area contributed by atoms with Gasteiger partial charge in [0.2, 0.25) is 16.7 Å². The number of thioether (sulfide) groups is 2. The molecule has 2 aliphatic rings. The van der Waals surface area contributed by atoms with Crippen LogP contribution in [0.15, 0.2) is 21.6 Å². The lowest BCUT2D eigenvalue weighted by molar-refractivity contribution is -0.150. The van der Waals surface area contributed by atoms with E-state index in [4.69, 9.17) is 20.4 Å². The molecule has 2 aliphatic heterocycles. The summed E-state index contributed by atoms with van der Waals surface area (Å²) >= 11 is 3.29. The zero-order valence-electron chi connectivity index (χ0n) is 24.3. The first-order chi connectivity index (χ1) is 21.4. The Morgan fingerprint density at radius 1 is 1.29 bits per heavy atom. The van der Waals surface area contributed by atoms with Crippen LogP contribution < -0.4 is 16.4 Å². The Kier molecular flexibility index (Phi) is 11.2. The summed E-state index contributed by atoms with van der Waals surface area (Å²) in [4.78, 5) is 60.8. The van der Waals surface area contributed by atoms with E-state index in [1.807, 2.05) is 0 Å². The number of nitrogens with one attached hydrogen (secondary N) is 2. The van der Waals surface area contributed by atoms with Gasteiger partial charge < -0.3 is 36.2 Å². The molecule has 6 N–H and O–H groups in total. The van der Waals surface area contributed by atoms with E-state index in [1.165, 1.54) is 28.2 Å². The first-order valence-corrected chi connectivity index (χ1v) is 16.2. The minimum atomic E-state index is -1.29. The zero-order valence-corrected chi connectivity index (χ0v) is 26.8. The number of aromatic nitrogens is 6. The molecule has 19 nitrogen and oxygen atoms in total. The Bertz CT molecular complexity index is 1490. The van der Waals surface area contributed by atoms with Gasteiger partial charge in [-0.2, -0.15) is 9.36 Å². The molecule has 2 atom stereocenters. The number of tetrazole rings is 1. The van der Waals surface area contributed by atoms with Crippen molar-refractivity contribution in [3.05, 3.63) is 17.1 Å². The second-order valence-corrected chi connectivity index (χ2v) is 13.2. The fourth-order valence-electron chi connectivity index (χ4n) is 3.96. The lowest BCUT2D eigenvalue weighted by atomic mass is 10.0. The number of amides is 3. The number of nitrogen functional groups attached to an aromatic ring is 1. The molecule has 2 aromatic heterocycles. The second kappa shape index (κ2) is 14.8. The van der Waals surface area contributed by atoms with Crippen molar-refractivity contribution in [2.24, 2.45) is 5.16 Å². The average Bonchev–Trinajstić information content (AvgIpc) is 3.61. The van der Waals surface area contributed by atoms with Gasteiger partial charge in [0.05, 0.1) is 13.2 Å². The van der Waals surface area contributed by atoms with E-state index >= 15 is 0 Å². The van der Waals surface area contributed by atoms with Crippen LogP contribution in [0.25, 0.3) is 0 Å². The Balaban J connectivity index is 1.38. The summed E-state index contributed by atoms with van der Waals surface area (Å²) in [5.74, 6) is -2.39. The van der Waals surface area contributed by atoms with Crippen molar-refractivity contribution in [3.63, 3.8) is 0 Å². The van der Waals surface area contributed by atoms with Gasteiger partial charge in [0.25, 0.3) is 11.8 Å². The van der Waals surface area contributed by atoms with Gasteiger partial charge in [-0.3, -0.25) is 14.5 Å². The summed E-state index contributed by atoms with van der Waals surface area (Å²) < 4.78 is 10.6. The minimum absolute atomic E-state index is 0.0146. The molecular weight excluding hydrogens is 655 g/mol. The van der Waals surface area contributed by atoms with Crippen LogP contribution in [0.1, 0.15) is 33.0 Å². The maximum absolute atomic E-state index is 13.3. The first kappa shape index (κ1) is 33.9. The number of hydrogen-bond acceptors (Lipinski definition) is 17. The molecule has 22 heteroatoms. The van der Waals surface area contributed by atoms with Crippen LogP contribution in [0.5, 0.6) is 0 Å². The normalized spacial score (nSPS) is 18.3. The van der Waals surface area contributed by atoms with Crippen molar-refractivity contribution in [1.82, 2.24) is 45.1 Å². The molecule has 0 spiro atoms. The number of alkyl carbamates (subject to hydrolysis) is 1. The molecule has 0 aromatic carbocycles. The molecule has 244 valence electrons. The molecule has 1 unspecified atom stereocenters. The minimum Gasteiger partial charge on any atom is -0.477 e. The second-order valence-electron chi connectivity index (χ2n) is 10.3. The molecule has 3 amide bonds. The van der Waals surface area contributed by atoms with Crippen LogP contribution in [-0.2, 0) is 30.5 Å². The highest BCUT2D eigenvalue weighted by atomic mass is 32.2. The van der Waals surface area contributed by atoms with E-state index in [9.17, 15) is 24.3 Å². The molecule has 4 heterocycles. The van der Waals surface area contributed by atoms with E-state index in [-0.39, 0.29) is 60.2 Å². The first-order valence-electron chi connectivity index (χ1n) is 13.4. The predicted octanol–water partition coefficient (Wildman–Crippen LogP) is -0.734. The molecule has 0 radical (unpaired) electrons. The third-order valence-electron chi connectivity index (χ3n) is 5.83. The molecule has 45 heavy (non-hydrogen) atoms. The molecule has 1 fully saturated rings. The Morgan fingerprint density at radius 2 is 2.07 bits per heavy atom. The van der Waals surface area contributed by atoms with Crippen LogP contribution in [0.3, 0.4) is 0 Å². The lowest BCUT2D eigenvalue weighted by Gasteiger charge is -2.49. The largest absolute Gasteiger partial charge is 0.477 e. The van der Waals surface area contributed by atoms with Crippen LogP contribution in [-0.4, -0.2) is 123 Å². The number of fused-ring (bicyclic) bond motifs is 1. The molecule has 4 rings (SSSR count). The third kappa shape index (κ3) is 8.58. The summed E-state index contributed by atoms with van der Waals surface area (Å²) in [7, 11) is 0. The number of ether oxygens (including phenoxy) is 1. The summed E-state index contributed by atoms with van der Waals surface area (Å²) in [6.45, 7) is 5.46. The number of aliphatic hydroxyl groups excluding tert-OH is 1. The number of carbonyl (C=O) groups excluding carboxylic acids is 3. The molecule has 2 aromatic rings. The van der Waals surface area contributed by atoms with Crippen molar-refractivity contribution < 1.29 is 39.0 Å². The van der Waals surface area contributed by atoms with Crippen LogP contribution in [0.2, 0.25) is 0 Å². The standard InChI is InChI=1S/C23H31N11O8S3/c1-23(2,3)42-22(40)25-5-4-8-41-29-12(15-27-20(24)45-30-15)16(36)26-13-17(37)34-14(19(38)39)11(9-43-18(13)34)10-44-21-28-31-32-33(21)6-7-35/h13,18,35H,4-10H2,1-3H3,(H,25,40)(H,26,36)(H,38,39)(H2,24,27,30)/t13?,18-/m1/s1. The number of hydrogen-bond donors (Lipinski definition) is 5. The van der Waals surface area contributed by atoms with Crippen molar-refractivity contribution in [2.75, 3.05) is 37.0 Å². The number of nitrogens with two attached hydrogens (primary N) is 1. The lowest BCUT2D eigenvalue weighted by Crippen LogP contribution is -2.71. The topological polar surface area (TPSA) is 262 Å². The average molecular weight is 686 g/mol. The SMILES string of the molecule is CC(C)(C)OC(=O)NCCCON=C(C(=O)NC1C(=O)N2C(C(=O)O)=C(CSc3nnnn3CCO)CS[C@H]12)c1nsc(N)n1. The van der Waals surface area contributed by atoms with Crippen LogP contribution in [0, 0.1) is 0 Å². The number of nitrogens with zero attached hydrogens (tertiary/aromatic N) is 8. The molecule has 0 bridgehead atoms. The highest BCUT2D eigenvalue weighted by Crippen LogP contribution is 2.41. The number of rotatable bonds is 14. The Labute approximate surface area is 268 Å². The summed E-state index contributed by atoms with van der Waals surface area (Å²) in [6.07, 6.45) is -0.250. The molecule has 0 saturated carbocycles. The van der Waals surface area contributed by atoms with Gasteiger partial charge in [-0.25, -0.2) is 14.3 Å². The quantitative estimate of drug-likeness (QED) is 0.0539. The molecule has 1 saturated heterocycles. The Morgan fingerprint density at radius 3 is 2.73 bits per heavy atom. The predicted molar refractivity (Wildman–Crippen MR) is 161 cm³/mol. The summed E-state index contributed by atoms with van der Waals surface area (Å²) in [6, 6.07) is -1.05. The van der Waals surface area contributed by atoms with Gasteiger partial charge >= 0.3 is 12.1 Å². The number of anilines is 1. The van der Waals surface area contributed by atoms with E-state index < -0.39 is 40.9 Å². The van der Waals surface area contributed by atoms with Gasteiger partial charge in [0.1, 0.15) is 29.3 Å². The highest BCUT2D eigenvalue weighted by molar-refractivity contribution is 8.01. The fraction of sp³-hybridized carbons (Fsp3) is 0.565. The van der Waals surface area contributed by atoms with Gasteiger partial charge in [0.15, 0.2) is 5.13 Å². The van der Waals surface area contributed by atoms with Crippen molar-refractivity contribution in [1.29, 1.82) is 0 Å². The van der Waals surface area contributed by atoms with E-state index in [2.05, 4.69) is 40.7 Å². The maximum Gasteiger partial charge on any atom is 0.407 e.